The van der Waals surface area contributed by atoms with Crippen molar-refractivity contribution in [1.82, 2.24) is 9.55 Å². The molecule has 1 aliphatic heterocycles. The summed E-state index contributed by atoms with van der Waals surface area (Å²) in [5, 5.41) is 1.15. The fourth-order valence-corrected chi connectivity index (χ4v) is 5.11. The molecule has 0 spiro atoms. The van der Waals surface area contributed by atoms with Gasteiger partial charge in [-0.25, -0.2) is 9.37 Å². The highest BCUT2D eigenvalue weighted by molar-refractivity contribution is 7.98. The largest absolute Gasteiger partial charge is 0.460 e. The number of thioether (sulfide) groups is 1. The Morgan fingerprint density at radius 3 is 2.77 bits per heavy atom. The van der Waals surface area contributed by atoms with E-state index < -0.39 is 6.29 Å². The fourth-order valence-electron chi connectivity index (χ4n) is 4.12. The van der Waals surface area contributed by atoms with Crippen molar-refractivity contribution < 1.29 is 18.6 Å². The van der Waals surface area contributed by atoms with E-state index in [1.165, 1.54) is 23.9 Å². The summed E-state index contributed by atoms with van der Waals surface area (Å²) < 4.78 is 33.3. The Hall–Kier alpha value is -3.20. The quantitative estimate of drug-likeness (QED) is 0.185. The van der Waals surface area contributed by atoms with Crippen LogP contribution in [0.1, 0.15) is 29.4 Å². The Labute approximate surface area is 206 Å². The maximum absolute atomic E-state index is 14.5. The number of benzene rings is 3. The molecule has 0 amide bonds. The van der Waals surface area contributed by atoms with Gasteiger partial charge in [0, 0.05) is 42.7 Å². The van der Waals surface area contributed by atoms with Gasteiger partial charge in [0.1, 0.15) is 11.6 Å². The van der Waals surface area contributed by atoms with Crippen LogP contribution in [-0.2, 0) is 28.4 Å². The molecule has 0 unspecified atom stereocenters. The van der Waals surface area contributed by atoms with E-state index in [2.05, 4.69) is 0 Å². The molecule has 5 rings (SSSR count). The Balaban J connectivity index is 1.46. The van der Waals surface area contributed by atoms with Crippen molar-refractivity contribution in [2.24, 2.45) is 0 Å². The summed E-state index contributed by atoms with van der Waals surface area (Å²) in [6, 6.07) is 19.9. The van der Waals surface area contributed by atoms with E-state index >= 15 is 0 Å². The van der Waals surface area contributed by atoms with Gasteiger partial charge in [-0.05, 0) is 30.7 Å². The number of ether oxygens (including phenoxy) is 3. The molecule has 3 aromatic carbocycles. The third-order valence-electron chi connectivity index (χ3n) is 5.81. The lowest BCUT2D eigenvalue weighted by atomic mass is 10.1. The molecule has 0 fully saturated rings. The third kappa shape index (κ3) is 5.10. The van der Waals surface area contributed by atoms with Gasteiger partial charge in [-0.3, -0.25) is 9.36 Å². The Kier molecular flexibility index (Phi) is 7.13. The predicted molar refractivity (Wildman–Crippen MR) is 133 cm³/mol. The predicted octanol–water partition coefficient (Wildman–Crippen LogP) is 5.47. The number of para-hydroxylation sites is 1. The number of fused-ring (bicyclic) bond motifs is 2. The van der Waals surface area contributed by atoms with Crippen LogP contribution in [0.3, 0.4) is 0 Å². The molecule has 0 saturated carbocycles. The van der Waals surface area contributed by atoms with Crippen molar-refractivity contribution in [3.63, 3.8) is 0 Å². The van der Waals surface area contributed by atoms with E-state index in [9.17, 15) is 9.18 Å². The molecule has 180 valence electrons. The molecule has 0 saturated heterocycles. The van der Waals surface area contributed by atoms with Crippen LogP contribution in [0.4, 0.5) is 4.39 Å². The van der Waals surface area contributed by atoms with Gasteiger partial charge in [0.2, 0.25) is 6.29 Å². The molecule has 8 heteroatoms. The first-order valence-corrected chi connectivity index (χ1v) is 12.4. The average Bonchev–Trinajstić information content (AvgIpc) is 2.89. The molecule has 0 aliphatic carbocycles. The molecule has 0 radical (unpaired) electrons. The van der Waals surface area contributed by atoms with Gasteiger partial charge in [0.05, 0.1) is 17.5 Å². The zero-order chi connectivity index (χ0) is 24.2. The molecule has 6 nitrogen and oxygen atoms in total. The average molecular weight is 493 g/mol. The van der Waals surface area contributed by atoms with Crippen molar-refractivity contribution >= 4 is 22.7 Å². The van der Waals surface area contributed by atoms with E-state index in [4.69, 9.17) is 19.2 Å². The summed E-state index contributed by atoms with van der Waals surface area (Å²) in [6.45, 7) is 1.27. The lowest BCUT2D eigenvalue weighted by molar-refractivity contribution is -0.112. The highest BCUT2D eigenvalue weighted by atomic mass is 32.2. The van der Waals surface area contributed by atoms with Crippen LogP contribution in [0.15, 0.2) is 76.7 Å². The Bertz CT molecular complexity index is 1390. The summed E-state index contributed by atoms with van der Waals surface area (Å²) in [7, 11) is 1.64. The Morgan fingerprint density at radius 2 is 1.94 bits per heavy atom. The minimum Gasteiger partial charge on any atom is -0.460 e. The van der Waals surface area contributed by atoms with Crippen LogP contribution >= 0.6 is 11.8 Å². The monoisotopic (exact) mass is 492 g/mol. The normalized spacial score (nSPS) is 15.1. The van der Waals surface area contributed by atoms with Crippen molar-refractivity contribution in [3.05, 3.63) is 99.6 Å². The molecular formula is C27H25FN2O4S. The fraction of sp³-hybridized carbons (Fsp3) is 0.259. The first-order chi connectivity index (χ1) is 17.1. The number of rotatable bonds is 8. The van der Waals surface area contributed by atoms with Crippen molar-refractivity contribution in [2.45, 2.75) is 36.8 Å². The van der Waals surface area contributed by atoms with Crippen LogP contribution < -0.4 is 10.3 Å². The molecule has 2 heterocycles. The third-order valence-corrected chi connectivity index (χ3v) is 6.83. The van der Waals surface area contributed by atoms with Crippen LogP contribution in [0.5, 0.6) is 5.75 Å². The van der Waals surface area contributed by atoms with E-state index in [1.54, 1.807) is 17.7 Å². The van der Waals surface area contributed by atoms with Crippen LogP contribution in [-0.4, -0.2) is 23.3 Å². The second kappa shape index (κ2) is 10.6. The number of hydrogen-bond donors (Lipinski definition) is 0. The van der Waals surface area contributed by atoms with Gasteiger partial charge in [-0.2, -0.15) is 0 Å². The SMILES string of the molecule is COCCCn1c(SCc2cc(F)cc3c2O[C@@H](c2ccccc2)OC3)nc2ccccc2c1=O. The molecule has 1 aromatic heterocycles. The van der Waals surface area contributed by atoms with Crippen LogP contribution in [0.25, 0.3) is 10.9 Å². The number of nitrogens with zero attached hydrogens (tertiary/aromatic N) is 2. The van der Waals surface area contributed by atoms with Crippen LogP contribution in [0.2, 0.25) is 0 Å². The minimum absolute atomic E-state index is 0.0933. The number of aromatic nitrogens is 2. The van der Waals surface area contributed by atoms with Gasteiger partial charge in [-0.15, -0.1) is 0 Å². The van der Waals surface area contributed by atoms with E-state index in [0.717, 1.165) is 5.56 Å². The smallest absolute Gasteiger partial charge is 0.262 e. The van der Waals surface area contributed by atoms with E-state index in [-0.39, 0.29) is 18.0 Å². The summed E-state index contributed by atoms with van der Waals surface area (Å²) in [5.41, 5.74) is 2.79. The standard InChI is InChI=1S/C27H25FN2O4S/c1-32-13-7-12-30-25(31)22-10-5-6-11-23(22)29-27(30)35-17-20-15-21(28)14-19-16-33-26(34-24(19)20)18-8-3-2-4-9-18/h2-6,8-11,14-15,26H,7,12-13,16-17H2,1H3/t26-/m0/s1. The lowest BCUT2D eigenvalue weighted by Gasteiger charge is -2.28. The molecule has 35 heavy (non-hydrogen) atoms. The maximum atomic E-state index is 14.5. The lowest BCUT2D eigenvalue weighted by Crippen LogP contribution is -2.24. The second-order valence-corrected chi connectivity index (χ2v) is 9.17. The molecule has 1 aliphatic rings. The van der Waals surface area contributed by atoms with Gasteiger partial charge < -0.3 is 14.2 Å². The topological polar surface area (TPSA) is 62.6 Å². The molecule has 0 N–H and O–H groups in total. The van der Waals surface area contributed by atoms with Gasteiger partial charge >= 0.3 is 0 Å². The summed E-state index contributed by atoms with van der Waals surface area (Å²) in [6.07, 6.45) is 0.113. The van der Waals surface area contributed by atoms with Crippen molar-refractivity contribution in [2.75, 3.05) is 13.7 Å². The number of hydrogen-bond acceptors (Lipinski definition) is 6. The minimum atomic E-state index is -0.566. The first-order valence-electron chi connectivity index (χ1n) is 11.4. The summed E-state index contributed by atoms with van der Waals surface area (Å²) >= 11 is 1.39. The van der Waals surface area contributed by atoms with Gasteiger partial charge in [0.15, 0.2) is 5.16 Å². The first kappa shape index (κ1) is 23.5. The summed E-state index contributed by atoms with van der Waals surface area (Å²) in [5.74, 6) is 0.651. The number of halogens is 1. The molecule has 0 bridgehead atoms. The van der Waals surface area contributed by atoms with Crippen molar-refractivity contribution in [3.8, 4) is 5.75 Å². The molecule has 1 atom stereocenters. The highest BCUT2D eigenvalue weighted by Crippen LogP contribution is 2.38. The number of methoxy groups -OCH3 is 1. The summed E-state index contributed by atoms with van der Waals surface area (Å²) in [4.78, 5) is 18.0. The zero-order valence-corrected chi connectivity index (χ0v) is 20.1. The van der Waals surface area contributed by atoms with E-state index in [1.807, 2.05) is 48.5 Å². The highest BCUT2D eigenvalue weighted by Gasteiger charge is 2.25. The van der Waals surface area contributed by atoms with Gasteiger partial charge in [-0.1, -0.05) is 54.2 Å². The molecule has 4 aromatic rings. The van der Waals surface area contributed by atoms with Gasteiger partial charge in [0.25, 0.3) is 5.56 Å². The second-order valence-electron chi connectivity index (χ2n) is 8.23. The zero-order valence-electron chi connectivity index (χ0n) is 19.3. The molecular weight excluding hydrogens is 467 g/mol. The van der Waals surface area contributed by atoms with Crippen LogP contribution in [0, 0.1) is 5.82 Å². The maximum Gasteiger partial charge on any atom is 0.262 e. The van der Waals surface area contributed by atoms with E-state index in [0.29, 0.717) is 58.3 Å². The Morgan fingerprint density at radius 1 is 1.14 bits per heavy atom. The van der Waals surface area contributed by atoms with Crippen molar-refractivity contribution in [1.29, 1.82) is 0 Å².